The van der Waals surface area contributed by atoms with Gasteiger partial charge < -0.3 is 5.32 Å². The van der Waals surface area contributed by atoms with Gasteiger partial charge in [0.2, 0.25) is 0 Å². The molecular formula is C11H23N. The van der Waals surface area contributed by atoms with Crippen molar-refractivity contribution in [2.45, 2.75) is 53.0 Å². The van der Waals surface area contributed by atoms with Crippen molar-refractivity contribution in [1.29, 1.82) is 0 Å². The van der Waals surface area contributed by atoms with Crippen LogP contribution >= 0.6 is 0 Å². The zero-order chi connectivity index (χ0) is 9.19. The Labute approximate surface area is 76.9 Å². The Morgan fingerprint density at radius 1 is 1.50 bits per heavy atom. The minimum Gasteiger partial charge on any atom is -0.314 e. The Hall–Kier alpha value is -0.0400. The molecule has 0 saturated heterocycles. The molecule has 12 heavy (non-hydrogen) atoms. The van der Waals surface area contributed by atoms with E-state index >= 15 is 0 Å². The maximum Gasteiger partial charge on any atom is 0.00724 e. The van der Waals surface area contributed by atoms with Gasteiger partial charge in [-0.25, -0.2) is 0 Å². The van der Waals surface area contributed by atoms with Gasteiger partial charge in [-0.2, -0.15) is 0 Å². The molecule has 1 heteroatoms. The molecule has 2 unspecified atom stereocenters. The van der Waals surface area contributed by atoms with Crippen LogP contribution in [0.4, 0.5) is 0 Å². The lowest BCUT2D eigenvalue weighted by molar-refractivity contribution is 0.221. The van der Waals surface area contributed by atoms with E-state index in [9.17, 15) is 0 Å². The van der Waals surface area contributed by atoms with Crippen LogP contribution in [0.5, 0.6) is 0 Å². The lowest BCUT2D eigenvalue weighted by atomic mass is 9.77. The first kappa shape index (κ1) is 10.0. The maximum atomic E-state index is 3.55. The zero-order valence-corrected chi connectivity index (χ0v) is 8.98. The largest absolute Gasteiger partial charge is 0.314 e. The van der Waals surface area contributed by atoms with Crippen LogP contribution in [0.2, 0.25) is 0 Å². The van der Waals surface area contributed by atoms with Crippen LogP contribution in [0.3, 0.4) is 0 Å². The Morgan fingerprint density at radius 2 is 2.17 bits per heavy atom. The third-order valence-corrected chi connectivity index (χ3v) is 3.66. The van der Waals surface area contributed by atoms with E-state index in [1.807, 2.05) is 0 Å². The minimum absolute atomic E-state index is 0.604. The van der Waals surface area contributed by atoms with Crippen molar-refractivity contribution in [2.24, 2.45) is 11.3 Å². The fraction of sp³-hybridized carbons (Fsp3) is 1.00. The monoisotopic (exact) mass is 169 g/mol. The zero-order valence-electron chi connectivity index (χ0n) is 8.98. The second kappa shape index (κ2) is 3.78. The molecule has 0 aromatic carbocycles. The molecular weight excluding hydrogens is 146 g/mol. The molecule has 1 saturated carbocycles. The van der Waals surface area contributed by atoms with Gasteiger partial charge in [-0.3, -0.25) is 0 Å². The second-order valence-electron chi connectivity index (χ2n) is 4.81. The first-order valence-corrected chi connectivity index (χ1v) is 5.32. The minimum atomic E-state index is 0.604. The van der Waals surface area contributed by atoms with Crippen molar-refractivity contribution in [2.75, 3.05) is 6.54 Å². The van der Waals surface area contributed by atoms with Crippen LogP contribution in [0.15, 0.2) is 0 Å². The molecule has 0 bridgehead atoms. The van der Waals surface area contributed by atoms with Gasteiger partial charge in [-0.05, 0) is 37.1 Å². The van der Waals surface area contributed by atoms with Crippen LogP contribution in [-0.4, -0.2) is 12.6 Å². The maximum absolute atomic E-state index is 3.55. The van der Waals surface area contributed by atoms with E-state index in [0.29, 0.717) is 5.41 Å². The Balaban J connectivity index is 2.43. The summed E-state index contributed by atoms with van der Waals surface area (Å²) in [6, 6.07) is 0.794. The molecule has 0 aliphatic heterocycles. The van der Waals surface area contributed by atoms with Crippen molar-refractivity contribution in [3.63, 3.8) is 0 Å². The Bertz CT molecular complexity index is 142. The van der Waals surface area contributed by atoms with Crippen LogP contribution in [0, 0.1) is 11.3 Å². The predicted molar refractivity (Wildman–Crippen MR) is 54.3 cm³/mol. The highest BCUT2D eigenvalue weighted by Crippen LogP contribution is 2.43. The summed E-state index contributed by atoms with van der Waals surface area (Å²) in [5.74, 6) is 0.834. The van der Waals surface area contributed by atoms with E-state index in [2.05, 4.69) is 33.0 Å². The van der Waals surface area contributed by atoms with E-state index in [1.165, 1.54) is 19.3 Å². The van der Waals surface area contributed by atoms with Crippen molar-refractivity contribution >= 4 is 0 Å². The van der Waals surface area contributed by atoms with Crippen LogP contribution in [0.1, 0.15) is 47.0 Å². The highest BCUT2D eigenvalue weighted by atomic mass is 14.9. The average molecular weight is 169 g/mol. The molecule has 0 radical (unpaired) electrons. The quantitative estimate of drug-likeness (QED) is 0.685. The topological polar surface area (TPSA) is 12.0 Å². The molecule has 0 aromatic heterocycles. The highest BCUT2D eigenvalue weighted by molar-refractivity contribution is 4.90. The van der Waals surface area contributed by atoms with Gasteiger partial charge in [0.15, 0.2) is 0 Å². The summed E-state index contributed by atoms with van der Waals surface area (Å²) < 4.78 is 0. The van der Waals surface area contributed by atoms with Gasteiger partial charge in [0.25, 0.3) is 0 Å². The van der Waals surface area contributed by atoms with Gasteiger partial charge in [-0.15, -0.1) is 0 Å². The molecule has 1 aliphatic carbocycles. The predicted octanol–water partition coefficient (Wildman–Crippen LogP) is 2.81. The SMILES string of the molecule is CCNC1CCC(C)(C(C)C)C1. The van der Waals surface area contributed by atoms with Gasteiger partial charge in [0, 0.05) is 6.04 Å². The summed E-state index contributed by atoms with van der Waals surface area (Å²) >= 11 is 0. The number of nitrogens with one attached hydrogen (secondary N) is 1. The highest BCUT2D eigenvalue weighted by Gasteiger charge is 2.36. The third kappa shape index (κ3) is 2.01. The van der Waals surface area contributed by atoms with Crippen LogP contribution in [0.25, 0.3) is 0 Å². The molecule has 2 atom stereocenters. The summed E-state index contributed by atoms with van der Waals surface area (Å²) in [7, 11) is 0. The van der Waals surface area contributed by atoms with E-state index in [1.54, 1.807) is 0 Å². The average Bonchev–Trinajstić information content (AvgIpc) is 2.34. The summed E-state index contributed by atoms with van der Waals surface area (Å²) in [6.45, 7) is 10.5. The number of hydrogen-bond donors (Lipinski definition) is 1. The molecule has 0 amide bonds. The lowest BCUT2D eigenvalue weighted by Crippen LogP contribution is -2.28. The normalized spacial score (nSPS) is 36.2. The molecule has 1 aliphatic rings. The smallest absolute Gasteiger partial charge is 0.00724 e. The molecule has 1 N–H and O–H groups in total. The van der Waals surface area contributed by atoms with E-state index in [0.717, 1.165) is 18.5 Å². The van der Waals surface area contributed by atoms with E-state index in [-0.39, 0.29) is 0 Å². The first-order valence-electron chi connectivity index (χ1n) is 5.32. The van der Waals surface area contributed by atoms with Crippen molar-refractivity contribution in [3.8, 4) is 0 Å². The van der Waals surface area contributed by atoms with Crippen molar-refractivity contribution < 1.29 is 0 Å². The lowest BCUT2D eigenvalue weighted by Gasteiger charge is -2.29. The first-order chi connectivity index (χ1) is 5.58. The molecule has 0 aromatic rings. The van der Waals surface area contributed by atoms with Gasteiger partial charge in [0.1, 0.15) is 0 Å². The van der Waals surface area contributed by atoms with Crippen molar-refractivity contribution in [1.82, 2.24) is 5.32 Å². The van der Waals surface area contributed by atoms with Crippen LogP contribution in [-0.2, 0) is 0 Å². The fourth-order valence-corrected chi connectivity index (χ4v) is 2.26. The fourth-order valence-electron chi connectivity index (χ4n) is 2.26. The van der Waals surface area contributed by atoms with Gasteiger partial charge in [-0.1, -0.05) is 27.7 Å². The van der Waals surface area contributed by atoms with Gasteiger partial charge in [0.05, 0.1) is 0 Å². The molecule has 1 nitrogen and oxygen atoms in total. The molecule has 1 fully saturated rings. The number of rotatable bonds is 3. The van der Waals surface area contributed by atoms with Gasteiger partial charge >= 0.3 is 0 Å². The summed E-state index contributed by atoms with van der Waals surface area (Å²) in [5.41, 5.74) is 0.604. The molecule has 1 rings (SSSR count). The molecule has 72 valence electrons. The van der Waals surface area contributed by atoms with Crippen LogP contribution < -0.4 is 5.32 Å². The summed E-state index contributed by atoms with van der Waals surface area (Å²) in [4.78, 5) is 0. The Kier molecular flexibility index (Phi) is 3.16. The standard InChI is InChI=1S/C11H23N/c1-5-12-10-6-7-11(4,8-10)9(2)3/h9-10,12H,5-8H2,1-4H3. The molecule has 0 spiro atoms. The Morgan fingerprint density at radius 3 is 2.58 bits per heavy atom. The third-order valence-electron chi connectivity index (χ3n) is 3.66. The van der Waals surface area contributed by atoms with E-state index < -0.39 is 0 Å². The summed E-state index contributed by atoms with van der Waals surface area (Å²) in [5, 5.41) is 3.55. The number of hydrogen-bond acceptors (Lipinski definition) is 1. The second-order valence-corrected chi connectivity index (χ2v) is 4.81. The van der Waals surface area contributed by atoms with E-state index in [4.69, 9.17) is 0 Å². The summed E-state index contributed by atoms with van der Waals surface area (Å²) in [6.07, 6.45) is 4.16. The molecule has 0 heterocycles. The van der Waals surface area contributed by atoms with Crippen molar-refractivity contribution in [3.05, 3.63) is 0 Å².